The number of aromatic nitrogens is 2. The third kappa shape index (κ3) is 5.34. The van der Waals surface area contributed by atoms with Crippen LogP contribution in [0.5, 0.6) is 5.75 Å². The minimum atomic E-state index is -0.228. The lowest BCUT2D eigenvalue weighted by molar-refractivity contribution is 0.0920. The van der Waals surface area contributed by atoms with E-state index in [-0.39, 0.29) is 18.3 Å². The number of nitrogens with one attached hydrogen (secondary N) is 1. The summed E-state index contributed by atoms with van der Waals surface area (Å²) in [6.45, 7) is 5.34. The van der Waals surface area contributed by atoms with Gasteiger partial charge >= 0.3 is 0 Å². The molecule has 0 bridgehead atoms. The van der Waals surface area contributed by atoms with Crippen LogP contribution < -0.4 is 10.1 Å². The summed E-state index contributed by atoms with van der Waals surface area (Å²) in [5, 5.41) is 6.97. The number of amides is 1. The van der Waals surface area contributed by atoms with E-state index in [0.29, 0.717) is 12.3 Å². The van der Waals surface area contributed by atoms with E-state index >= 15 is 0 Å². The number of hydrogen-bond donors (Lipinski definition) is 1. The molecule has 140 valence electrons. The third-order valence-electron chi connectivity index (χ3n) is 4.00. The van der Waals surface area contributed by atoms with E-state index < -0.39 is 0 Å². The number of para-hydroxylation sites is 1. The molecule has 3 rings (SSSR count). The highest BCUT2D eigenvalue weighted by Gasteiger charge is 2.11. The Kier molecular flexibility index (Phi) is 6.46. The van der Waals surface area contributed by atoms with Crippen LogP contribution in [-0.2, 0) is 19.6 Å². The molecule has 1 aromatic carbocycles. The first kappa shape index (κ1) is 18.5. The minimum Gasteiger partial charge on any atom is -0.485 e. The molecule has 0 saturated heterocycles. The first-order valence-electron chi connectivity index (χ1n) is 8.92. The van der Waals surface area contributed by atoms with Crippen molar-refractivity contribution >= 4 is 5.91 Å². The molecule has 0 spiro atoms. The van der Waals surface area contributed by atoms with Crippen molar-refractivity contribution in [2.24, 2.45) is 0 Å². The molecular weight excluding hydrogens is 342 g/mol. The maximum Gasteiger partial charge on any atom is 0.286 e. The summed E-state index contributed by atoms with van der Waals surface area (Å²) < 4.78 is 13.3. The normalized spacial score (nSPS) is 10.5. The fourth-order valence-electron chi connectivity index (χ4n) is 2.66. The fourth-order valence-corrected chi connectivity index (χ4v) is 2.66. The number of hydrogen-bond acceptors (Lipinski definition) is 4. The van der Waals surface area contributed by atoms with Gasteiger partial charge in [0.1, 0.15) is 18.1 Å². The first-order valence-corrected chi connectivity index (χ1v) is 8.92. The van der Waals surface area contributed by atoms with E-state index in [1.54, 1.807) is 18.3 Å². The Balaban J connectivity index is 1.46. The zero-order valence-corrected chi connectivity index (χ0v) is 15.1. The number of allylic oxidation sites excluding steroid dienone is 1. The quantitative estimate of drug-likeness (QED) is 0.440. The van der Waals surface area contributed by atoms with Gasteiger partial charge in [0, 0.05) is 25.5 Å². The summed E-state index contributed by atoms with van der Waals surface area (Å²) in [6.07, 6.45) is 7.00. The number of carbonyl (C=O) groups is 1. The van der Waals surface area contributed by atoms with Crippen LogP contribution in [0.25, 0.3) is 0 Å². The lowest BCUT2D eigenvalue weighted by atomic mass is 10.1. The number of nitrogens with zero attached hydrogens (tertiary/aromatic N) is 2. The zero-order chi connectivity index (χ0) is 18.9. The lowest BCUT2D eigenvalue weighted by Gasteiger charge is -2.09. The molecule has 0 fully saturated rings. The van der Waals surface area contributed by atoms with Crippen LogP contribution in [0.3, 0.4) is 0 Å². The Labute approximate surface area is 158 Å². The van der Waals surface area contributed by atoms with E-state index in [9.17, 15) is 4.79 Å². The molecule has 27 heavy (non-hydrogen) atoms. The first-order chi connectivity index (χ1) is 13.3. The van der Waals surface area contributed by atoms with Gasteiger partial charge in [-0.2, -0.15) is 5.10 Å². The van der Waals surface area contributed by atoms with Crippen molar-refractivity contribution < 1.29 is 13.9 Å². The number of aryl methyl sites for hydroxylation is 1. The molecule has 0 atom stereocenters. The van der Waals surface area contributed by atoms with Crippen LogP contribution in [0, 0.1) is 0 Å². The van der Waals surface area contributed by atoms with Gasteiger partial charge < -0.3 is 14.5 Å². The van der Waals surface area contributed by atoms with Crippen LogP contribution in [-0.4, -0.2) is 22.2 Å². The Hall–Kier alpha value is -3.28. The monoisotopic (exact) mass is 365 g/mol. The average Bonchev–Trinajstić information content (AvgIpc) is 3.37. The number of rotatable bonds is 10. The fraction of sp³-hybridized carbons (Fsp3) is 0.238. The average molecular weight is 365 g/mol. The van der Waals surface area contributed by atoms with Gasteiger partial charge in [-0.1, -0.05) is 24.3 Å². The highest BCUT2D eigenvalue weighted by Crippen LogP contribution is 2.20. The lowest BCUT2D eigenvalue weighted by Crippen LogP contribution is -2.24. The highest BCUT2D eigenvalue weighted by molar-refractivity contribution is 5.91. The summed E-state index contributed by atoms with van der Waals surface area (Å²) in [5.74, 6) is 1.45. The summed E-state index contributed by atoms with van der Waals surface area (Å²) >= 11 is 0. The minimum absolute atomic E-state index is 0.228. The van der Waals surface area contributed by atoms with Gasteiger partial charge in [0.2, 0.25) is 0 Å². The van der Waals surface area contributed by atoms with Crippen LogP contribution >= 0.6 is 0 Å². The molecule has 0 unspecified atom stereocenters. The van der Waals surface area contributed by atoms with E-state index in [2.05, 4.69) is 17.0 Å². The molecule has 2 aromatic heterocycles. The van der Waals surface area contributed by atoms with E-state index in [1.807, 2.05) is 47.3 Å². The number of furan rings is 1. The van der Waals surface area contributed by atoms with E-state index in [1.165, 1.54) is 0 Å². The third-order valence-corrected chi connectivity index (χ3v) is 4.00. The molecule has 0 saturated carbocycles. The molecule has 0 aliphatic heterocycles. The van der Waals surface area contributed by atoms with E-state index in [4.69, 9.17) is 9.15 Å². The summed E-state index contributed by atoms with van der Waals surface area (Å²) in [6, 6.07) is 13.1. The van der Waals surface area contributed by atoms with Crippen LogP contribution in [0.2, 0.25) is 0 Å². The van der Waals surface area contributed by atoms with Crippen molar-refractivity contribution in [3.8, 4) is 5.75 Å². The van der Waals surface area contributed by atoms with Crippen molar-refractivity contribution in [3.63, 3.8) is 0 Å². The van der Waals surface area contributed by atoms with Crippen LogP contribution in [0.1, 0.15) is 28.3 Å². The summed E-state index contributed by atoms with van der Waals surface area (Å²) in [5.41, 5.74) is 1.06. The van der Waals surface area contributed by atoms with Gasteiger partial charge in [0.25, 0.3) is 5.91 Å². The molecular formula is C21H23N3O3. The van der Waals surface area contributed by atoms with Crippen LogP contribution in [0.15, 0.2) is 71.9 Å². The van der Waals surface area contributed by atoms with Crippen molar-refractivity contribution in [1.29, 1.82) is 0 Å². The van der Waals surface area contributed by atoms with Crippen LogP contribution in [0.4, 0.5) is 0 Å². The molecule has 1 amide bonds. The van der Waals surface area contributed by atoms with Crippen molar-refractivity contribution in [1.82, 2.24) is 15.1 Å². The molecule has 6 heteroatoms. The van der Waals surface area contributed by atoms with Gasteiger partial charge in [0.15, 0.2) is 5.76 Å². The maximum atomic E-state index is 12.2. The smallest absolute Gasteiger partial charge is 0.286 e. The van der Waals surface area contributed by atoms with Crippen molar-refractivity contribution in [2.75, 3.05) is 6.54 Å². The second-order valence-corrected chi connectivity index (χ2v) is 6.03. The highest BCUT2D eigenvalue weighted by atomic mass is 16.5. The zero-order valence-electron chi connectivity index (χ0n) is 15.1. The Morgan fingerprint density at radius 2 is 2.15 bits per heavy atom. The standard InChI is InChI=1S/C21H23N3O3/c1-2-7-17-8-3-4-9-19(17)26-16-18-10-11-20(27-18)21(25)22-12-5-14-24-15-6-13-23-24/h2-4,6,8-11,13,15H,1,5,7,12,14,16H2,(H,22,25). The largest absolute Gasteiger partial charge is 0.485 e. The second kappa shape index (κ2) is 9.43. The Bertz CT molecular complexity index is 868. The molecule has 0 aliphatic carbocycles. The van der Waals surface area contributed by atoms with Crippen molar-refractivity contribution in [2.45, 2.75) is 26.0 Å². The Morgan fingerprint density at radius 3 is 2.96 bits per heavy atom. The summed E-state index contributed by atoms with van der Waals surface area (Å²) in [4.78, 5) is 12.2. The molecule has 3 aromatic rings. The SMILES string of the molecule is C=CCc1ccccc1OCc1ccc(C(=O)NCCCn2cccn2)o1. The van der Waals surface area contributed by atoms with Gasteiger partial charge in [-0.15, -0.1) is 6.58 Å². The van der Waals surface area contributed by atoms with Gasteiger partial charge in [0.05, 0.1) is 0 Å². The summed E-state index contributed by atoms with van der Waals surface area (Å²) in [7, 11) is 0. The molecule has 1 N–H and O–H groups in total. The van der Waals surface area contributed by atoms with Gasteiger partial charge in [-0.25, -0.2) is 0 Å². The maximum absolute atomic E-state index is 12.2. The van der Waals surface area contributed by atoms with Crippen molar-refractivity contribution in [3.05, 3.63) is 84.6 Å². The topological polar surface area (TPSA) is 69.3 Å². The second-order valence-electron chi connectivity index (χ2n) is 6.03. The number of ether oxygens (including phenoxy) is 1. The number of benzene rings is 1. The molecule has 2 heterocycles. The molecule has 0 radical (unpaired) electrons. The Morgan fingerprint density at radius 1 is 1.26 bits per heavy atom. The van der Waals surface area contributed by atoms with Gasteiger partial charge in [-0.05, 0) is 42.7 Å². The molecule has 0 aliphatic rings. The molecule has 6 nitrogen and oxygen atoms in total. The van der Waals surface area contributed by atoms with Gasteiger partial charge in [-0.3, -0.25) is 9.48 Å². The van der Waals surface area contributed by atoms with E-state index in [0.717, 1.165) is 30.7 Å². The predicted octanol–water partition coefficient (Wildman–Crippen LogP) is 3.60. The predicted molar refractivity (Wildman–Crippen MR) is 103 cm³/mol. The number of carbonyl (C=O) groups excluding carboxylic acids is 1.